The van der Waals surface area contributed by atoms with E-state index in [-0.39, 0.29) is 4.90 Å². The monoisotopic (exact) mass is 510 g/mol. The molecule has 5 aromatic rings. The summed E-state index contributed by atoms with van der Waals surface area (Å²) in [5.74, 6) is 0. The Balaban J connectivity index is 0.000000245. The Bertz CT molecular complexity index is 1600. The van der Waals surface area contributed by atoms with E-state index in [1.165, 1.54) is 50.8 Å². The van der Waals surface area contributed by atoms with Crippen LogP contribution in [0.25, 0.3) is 32.9 Å². The highest BCUT2D eigenvalue weighted by atomic mass is 32.2. The van der Waals surface area contributed by atoms with E-state index in [0.717, 1.165) is 12.1 Å². The summed E-state index contributed by atoms with van der Waals surface area (Å²) >= 11 is 0. The lowest BCUT2D eigenvalue weighted by Crippen LogP contribution is -2.34. The molecule has 0 spiro atoms. The van der Waals surface area contributed by atoms with E-state index in [0.29, 0.717) is 0 Å². The van der Waals surface area contributed by atoms with Crippen LogP contribution in [0.1, 0.15) is 5.56 Å². The van der Waals surface area contributed by atoms with Crippen molar-refractivity contribution in [3.05, 3.63) is 115 Å². The number of anilines is 1. The maximum Gasteiger partial charge on any atom is 0.213 e. The van der Waals surface area contributed by atoms with Crippen molar-refractivity contribution in [2.24, 2.45) is 0 Å². The fraction of sp³-hybridized carbons (Fsp3) is 0.129. The van der Waals surface area contributed by atoms with E-state index in [4.69, 9.17) is 0 Å². The topological polar surface area (TPSA) is 64.3 Å². The van der Waals surface area contributed by atoms with Crippen LogP contribution in [0, 0.1) is 6.92 Å². The molecule has 0 fully saturated rings. The van der Waals surface area contributed by atoms with Crippen molar-refractivity contribution in [1.82, 2.24) is 0 Å². The molecule has 1 aromatic heterocycles. The second-order valence-electron chi connectivity index (χ2n) is 9.02. The van der Waals surface area contributed by atoms with Gasteiger partial charge in [0.15, 0.2) is 6.54 Å². The summed E-state index contributed by atoms with van der Waals surface area (Å²) < 4.78 is 33.5. The highest BCUT2D eigenvalue weighted by Crippen LogP contribution is 2.34. The summed E-state index contributed by atoms with van der Waals surface area (Å²) in [5.41, 5.74) is 7.14. The molecule has 0 aliphatic carbocycles. The molecule has 6 heteroatoms. The fourth-order valence-electron chi connectivity index (χ4n) is 4.38. The van der Waals surface area contributed by atoms with Crippen molar-refractivity contribution in [3.8, 4) is 11.1 Å². The molecular formula is C31H30N2O3S. The zero-order valence-corrected chi connectivity index (χ0v) is 22.1. The van der Waals surface area contributed by atoms with Crippen LogP contribution in [-0.2, 0) is 16.7 Å². The number of fused-ring (bicyclic) bond motifs is 2. The first-order valence-corrected chi connectivity index (χ1v) is 13.4. The summed E-state index contributed by atoms with van der Waals surface area (Å²) in [6, 6.07) is 31.9. The van der Waals surface area contributed by atoms with Crippen LogP contribution >= 0.6 is 0 Å². The molecule has 0 N–H and O–H groups in total. The zero-order valence-electron chi connectivity index (χ0n) is 21.3. The van der Waals surface area contributed by atoms with Gasteiger partial charge in [0.25, 0.3) is 0 Å². The molecule has 0 saturated heterocycles. The van der Waals surface area contributed by atoms with Gasteiger partial charge in [0, 0.05) is 37.5 Å². The van der Waals surface area contributed by atoms with Crippen LogP contribution in [-0.4, -0.2) is 27.1 Å². The van der Waals surface area contributed by atoms with Crippen LogP contribution in [0.15, 0.2) is 115 Å². The van der Waals surface area contributed by atoms with Gasteiger partial charge < -0.3 is 9.45 Å². The van der Waals surface area contributed by atoms with Crippen molar-refractivity contribution in [3.63, 3.8) is 0 Å². The van der Waals surface area contributed by atoms with Crippen LogP contribution in [0.2, 0.25) is 0 Å². The molecule has 188 valence electrons. The van der Waals surface area contributed by atoms with E-state index >= 15 is 0 Å². The van der Waals surface area contributed by atoms with Gasteiger partial charge in [-0.05, 0) is 55.0 Å². The number of pyridine rings is 1. The van der Waals surface area contributed by atoms with Gasteiger partial charge in [-0.25, -0.2) is 8.42 Å². The second kappa shape index (κ2) is 10.9. The normalized spacial score (nSPS) is 11.1. The minimum Gasteiger partial charge on any atom is -0.744 e. The van der Waals surface area contributed by atoms with Crippen LogP contribution in [0.4, 0.5) is 5.69 Å². The van der Waals surface area contributed by atoms with Crippen LogP contribution in [0.3, 0.4) is 0 Å². The summed E-state index contributed by atoms with van der Waals surface area (Å²) in [6.45, 7) is 6.56. The van der Waals surface area contributed by atoms with Crippen molar-refractivity contribution in [2.75, 3.05) is 19.0 Å². The molecule has 0 atom stereocenters. The molecule has 0 saturated carbocycles. The molecule has 0 unspecified atom stereocenters. The third-order valence-corrected chi connectivity index (χ3v) is 7.07. The Labute approximate surface area is 218 Å². The fourth-order valence-corrected chi connectivity index (χ4v) is 4.85. The molecule has 37 heavy (non-hydrogen) atoms. The van der Waals surface area contributed by atoms with Crippen molar-refractivity contribution < 1.29 is 17.5 Å². The van der Waals surface area contributed by atoms with Gasteiger partial charge in [0.2, 0.25) is 11.0 Å². The first-order chi connectivity index (χ1) is 17.7. The first kappa shape index (κ1) is 26.1. The third-order valence-electron chi connectivity index (χ3n) is 6.22. The number of rotatable bonds is 5. The van der Waals surface area contributed by atoms with Crippen molar-refractivity contribution in [1.29, 1.82) is 0 Å². The maximum absolute atomic E-state index is 10.4. The Morgan fingerprint density at radius 3 is 1.78 bits per heavy atom. The number of allylic oxidation sites excluding steroid dienone is 1. The molecule has 5 rings (SSSR count). The zero-order chi connectivity index (χ0) is 26.6. The number of hydrogen-bond acceptors (Lipinski definition) is 4. The number of aromatic nitrogens is 1. The van der Waals surface area contributed by atoms with Crippen molar-refractivity contribution in [2.45, 2.75) is 18.4 Å². The summed E-state index contributed by atoms with van der Waals surface area (Å²) in [4.78, 5) is 1.95. The van der Waals surface area contributed by atoms with Gasteiger partial charge in [0.1, 0.15) is 10.1 Å². The number of benzene rings is 4. The Hall–Kier alpha value is -4.00. The lowest BCUT2D eigenvalue weighted by atomic mass is 9.95. The molecule has 1 heterocycles. The van der Waals surface area contributed by atoms with Gasteiger partial charge in [-0.15, -0.1) is 0 Å². The predicted octanol–water partition coefficient (Wildman–Crippen LogP) is 6.10. The minimum atomic E-state index is -4.27. The SMILES string of the molecule is C=CC[n+]1c2ccccc2c(-c2ccc(N(C)C)cc2)c2ccccc21.Cc1ccc(S(=O)(=O)[O-])cc1. The van der Waals surface area contributed by atoms with Gasteiger partial charge in [-0.3, -0.25) is 0 Å². The van der Waals surface area contributed by atoms with E-state index in [1.807, 2.05) is 13.0 Å². The molecule has 0 aliphatic rings. The number of aryl methyl sites for hydroxylation is 1. The third kappa shape index (κ3) is 5.71. The number of nitrogens with zero attached hydrogens (tertiary/aromatic N) is 2. The molecule has 5 nitrogen and oxygen atoms in total. The second-order valence-corrected chi connectivity index (χ2v) is 10.4. The lowest BCUT2D eigenvalue weighted by Gasteiger charge is -2.15. The highest BCUT2D eigenvalue weighted by molar-refractivity contribution is 7.85. The van der Waals surface area contributed by atoms with Crippen LogP contribution in [0.5, 0.6) is 0 Å². The Morgan fingerprint density at radius 1 is 0.811 bits per heavy atom. The van der Waals surface area contributed by atoms with Gasteiger partial charge in [-0.1, -0.05) is 60.7 Å². The summed E-state index contributed by atoms with van der Waals surface area (Å²) in [6.07, 6.45) is 1.96. The van der Waals surface area contributed by atoms with Gasteiger partial charge >= 0.3 is 0 Å². The Morgan fingerprint density at radius 2 is 1.32 bits per heavy atom. The number of para-hydroxylation sites is 2. The molecule has 0 radical (unpaired) electrons. The van der Waals surface area contributed by atoms with Crippen LogP contribution < -0.4 is 9.47 Å². The summed E-state index contributed by atoms with van der Waals surface area (Å²) in [5, 5.41) is 2.54. The molecule has 4 aromatic carbocycles. The van der Waals surface area contributed by atoms with E-state index in [9.17, 15) is 13.0 Å². The molecule has 0 amide bonds. The highest BCUT2D eigenvalue weighted by Gasteiger charge is 2.20. The first-order valence-electron chi connectivity index (χ1n) is 11.9. The summed E-state index contributed by atoms with van der Waals surface area (Å²) in [7, 11) is -0.130. The standard InChI is InChI=1S/C24H23N2.C7H8O3S/c1-4-17-26-22-11-7-5-9-20(22)24(21-10-6-8-12-23(21)26)18-13-15-19(16-14-18)25(2)3;1-6-2-4-7(5-3-6)11(8,9)10/h4-16H,1,17H2,2-3H3;2-5H,1H3,(H,8,9,10)/q+1;/p-1. The Kier molecular flexibility index (Phi) is 7.71. The van der Waals surface area contributed by atoms with Gasteiger partial charge in [0.05, 0.1) is 15.7 Å². The average Bonchev–Trinajstić information content (AvgIpc) is 2.89. The van der Waals surface area contributed by atoms with E-state index in [2.05, 4.69) is 103 Å². The largest absolute Gasteiger partial charge is 0.744 e. The molecule has 0 aliphatic heterocycles. The minimum absolute atomic E-state index is 0.178. The van der Waals surface area contributed by atoms with Crippen molar-refractivity contribution >= 4 is 37.6 Å². The predicted molar refractivity (Wildman–Crippen MR) is 151 cm³/mol. The van der Waals surface area contributed by atoms with E-state index in [1.54, 1.807) is 12.1 Å². The lowest BCUT2D eigenvalue weighted by molar-refractivity contribution is -0.634. The average molecular weight is 511 g/mol. The molecular weight excluding hydrogens is 480 g/mol. The molecule has 0 bridgehead atoms. The van der Waals surface area contributed by atoms with E-state index < -0.39 is 10.1 Å². The number of hydrogen-bond donors (Lipinski definition) is 0. The quantitative estimate of drug-likeness (QED) is 0.124. The smallest absolute Gasteiger partial charge is 0.213 e. The maximum atomic E-state index is 10.4. The van der Waals surface area contributed by atoms with Gasteiger partial charge in [-0.2, -0.15) is 4.57 Å².